The minimum Gasteiger partial charge on any atom is -0.375 e. The average molecular weight is 233 g/mol. The van der Waals surface area contributed by atoms with E-state index in [0.717, 1.165) is 11.5 Å². The first kappa shape index (κ1) is 11.3. The lowest BCUT2D eigenvalue weighted by molar-refractivity contribution is 0.719. The van der Waals surface area contributed by atoms with Crippen LogP contribution in [0.5, 0.6) is 0 Å². The Hall–Kier alpha value is -2.15. The van der Waals surface area contributed by atoms with Crippen molar-refractivity contribution in [3.8, 4) is 0 Å². The monoisotopic (exact) mass is 233 g/mol. The zero-order valence-electron chi connectivity index (χ0n) is 9.75. The Morgan fingerprint density at radius 1 is 1.47 bits per heavy atom. The Morgan fingerprint density at radius 3 is 2.94 bits per heavy atom. The van der Waals surface area contributed by atoms with Crippen molar-refractivity contribution in [3.63, 3.8) is 0 Å². The fourth-order valence-corrected chi connectivity index (χ4v) is 1.60. The van der Waals surface area contributed by atoms with Gasteiger partial charge in [-0.25, -0.2) is 10.8 Å². The van der Waals surface area contributed by atoms with Crippen molar-refractivity contribution in [3.05, 3.63) is 30.5 Å². The zero-order chi connectivity index (χ0) is 12.3. The normalized spacial score (nSPS) is 12.2. The number of pyridine rings is 1. The molecule has 90 valence electrons. The van der Waals surface area contributed by atoms with Gasteiger partial charge < -0.3 is 15.3 Å². The lowest BCUT2D eigenvalue weighted by Gasteiger charge is -2.14. The molecule has 0 saturated heterocycles. The van der Waals surface area contributed by atoms with E-state index in [2.05, 4.69) is 25.9 Å². The molecule has 0 spiro atoms. The molecule has 0 aromatic carbocycles. The molecule has 0 saturated carbocycles. The van der Waals surface area contributed by atoms with Gasteiger partial charge in [0, 0.05) is 25.0 Å². The molecular formula is C10H15N7. The van der Waals surface area contributed by atoms with Crippen molar-refractivity contribution in [1.82, 2.24) is 19.7 Å². The fourth-order valence-electron chi connectivity index (χ4n) is 1.60. The van der Waals surface area contributed by atoms with Crippen LogP contribution in [-0.4, -0.2) is 19.7 Å². The van der Waals surface area contributed by atoms with E-state index in [9.17, 15) is 0 Å². The van der Waals surface area contributed by atoms with Crippen molar-refractivity contribution < 1.29 is 0 Å². The van der Waals surface area contributed by atoms with E-state index in [1.165, 1.54) is 0 Å². The SMILES string of the molecule is CC(Nc1ccnc(NN)c1)c1nncn1C. The van der Waals surface area contributed by atoms with Gasteiger partial charge in [0.2, 0.25) is 0 Å². The Kier molecular flexibility index (Phi) is 3.20. The summed E-state index contributed by atoms with van der Waals surface area (Å²) in [5, 5.41) is 11.2. The molecule has 7 nitrogen and oxygen atoms in total. The fraction of sp³-hybridized carbons (Fsp3) is 0.300. The second kappa shape index (κ2) is 4.79. The van der Waals surface area contributed by atoms with Gasteiger partial charge in [-0.05, 0) is 13.0 Å². The number of aryl methyl sites for hydroxylation is 1. The molecule has 0 bridgehead atoms. The van der Waals surface area contributed by atoms with E-state index >= 15 is 0 Å². The van der Waals surface area contributed by atoms with Crippen LogP contribution in [0.1, 0.15) is 18.8 Å². The molecule has 1 unspecified atom stereocenters. The predicted molar refractivity (Wildman–Crippen MR) is 65.1 cm³/mol. The minimum absolute atomic E-state index is 0.0514. The number of nitrogens with two attached hydrogens (primary N) is 1. The molecule has 2 heterocycles. The lowest BCUT2D eigenvalue weighted by Crippen LogP contribution is -2.13. The van der Waals surface area contributed by atoms with Gasteiger partial charge in [0.25, 0.3) is 0 Å². The molecule has 0 radical (unpaired) electrons. The van der Waals surface area contributed by atoms with Crippen LogP contribution in [0.25, 0.3) is 0 Å². The van der Waals surface area contributed by atoms with Gasteiger partial charge in [-0.2, -0.15) is 0 Å². The summed E-state index contributed by atoms with van der Waals surface area (Å²) in [5.74, 6) is 6.78. The van der Waals surface area contributed by atoms with Crippen LogP contribution in [0.3, 0.4) is 0 Å². The molecule has 1 atom stereocenters. The van der Waals surface area contributed by atoms with Gasteiger partial charge in [-0.15, -0.1) is 10.2 Å². The van der Waals surface area contributed by atoms with Crippen LogP contribution < -0.4 is 16.6 Å². The molecule has 0 fully saturated rings. The van der Waals surface area contributed by atoms with E-state index in [-0.39, 0.29) is 6.04 Å². The lowest BCUT2D eigenvalue weighted by atomic mass is 10.3. The first-order chi connectivity index (χ1) is 8.20. The minimum atomic E-state index is 0.0514. The van der Waals surface area contributed by atoms with Gasteiger partial charge in [-0.1, -0.05) is 0 Å². The number of nitrogen functional groups attached to an aromatic ring is 1. The summed E-state index contributed by atoms with van der Waals surface area (Å²) in [5.41, 5.74) is 3.42. The van der Waals surface area contributed by atoms with Crippen LogP contribution in [0.15, 0.2) is 24.7 Å². The molecule has 0 aliphatic heterocycles. The largest absolute Gasteiger partial charge is 0.375 e. The smallest absolute Gasteiger partial charge is 0.154 e. The third-order valence-corrected chi connectivity index (χ3v) is 2.42. The molecule has 2 aromatic heterocycles. The first-order valence-electron chi connectivity index (χ1n) is 5.24. The number of hydrogen-bond donors (Lipinski definition) is 3. The summed E-state index contributed by atoms with van der Waals surface area (Å²) in [7, 11) is 1.91. The number of hydrazine groups is 1. The molecular weight excluding hydrogens is 218 g/mol. The van der Waals surface area contributed by atoms with Gasteiger partial charge >= 0.3 is 0 Å². The Bertz CT molecular complexity index is 493. The summed E-state index contributed by atoms with van der Waals surface area (Å²) in [4.78, 5) is 4.04. The van der Waals surface area contributed by atoms with Crippen molar-refractivity contribution in [2.75, 3.05) is 10.7 Å². The molecule has 0 aliphatic rings. The van der Waals surface area contributed by atoms with E-state index < -0.39 is 0 Å². The number of hydrogen-bond acceptors (Lipinski definition) is 6. The van der Waals surface area contributed by atoms with Crippen LogP contribution in [0.4, 0.5) is 11.5 Å². The highest BCUT2D eigenvalue weighted by Crippen LogP contribution is 2.18. The van der Waals surface area contributed by atoms with Crippen molar-refractivity contribution in [2.45, 2.75) is 13.0 Å². The maximum atomic E-state index is 5.30. The highest BCUT2D eigenvalue weighted by atomic mass is 15.3. The summed E-state index contributed by atoms with van der Waals surface area (Å²) in [6, 6.07) is 3.75. The van der Waals surface area contributed by atoms with Gasteiger partial charge in [0.05, 0.1) is 6.04 Å². The maximum absolute atomic E-state index is 5.30. The van der Waals surface area contributed by atoms with E-state index in [1.54, 1.807) is 12.5 Å². The van der Waals surface area contributed by atoms with Crippen molar-refractivity contribution >= 4 is 11.5 Å². The molecule has 2 aromatic rings. The van der Waals surface area contributed by atoms with Crippen LogP contribution >= 0.6 is 0 Å². The zero-order valence-corrected chi connectivity index (χ0v) is 9.75. The second-order valence-corrected chi connectivity index (χ2v) is 3.74. The maximum Gasteiger partial charge on any atom is 0.154 e. The first-order valence-corrected chi connectivity index (χ1v) is 5.24. The quantitative estimate of drug-likeness (QED) is 0.531. The van der Waals surface area contributed by atoms with Crippen molar-refractivity contribution in [2.24, 2.45) is 12.9 Å². The Labute approximate surface area is 99.0 Å². The summed E-state index contributed by atoms with van der Waals surface area (Å²) in [6.07, 6.45) is 3.36. The summed E-state index contributed by atoms with van der Waals surface area (Å²) in [6.45, 7) is 2.01. The van der Waals surface area contributed by atoms with E-state index in [4.69, 9.17) is 5.84 Å². The molecule has 0 aliphatic carbocycles. The van der Waals surface area contributed by atoms with E-state index in [1.807, 2.05) is 30.7 Å². The van der Waals surface area contributed by atoms with Gasteiger partial charge in [0.1, 0.15) is 12.1 Å². The van der Waals surface area contributed by atoms with Crippen LogP contribution in [-0.2, 0) is 7.05 Å². The van der Waals surface area contributed by atoms with E-state index in [0.29, 0.717) is 5.82 Å². The summed E-state index contributed by atoms with van der Waals surface area (Å²) >= 11 is 0. The standard InChI is InChI=1S/C10H15N7/c1-7(10-16-13-6-17(10)2)14-8-3-4-12-9(5-8)15-11/h3-7H,11H2,1-2H3,(H2,12,14,15). The second-order valence-electron chi connectivity index (χ2n) is 3.74. The van der Waals surface area contributed by atoms with Crippen molar-refractivity contribution in [1.29, 1.82) is 0 Å². The molecule has 0 amide bonds. The predicted octanol–water partition coefficient (Wildman–Crippen LogP) is 0.669. The highest BCUT2D eigenvalue weighted by molar-refractivity contribution is 5.52. The number of nitrogens with one attached hydrogen (secondary N) is 2. The Morgan fingerprint density at radius 2 is 2.29 bits per heavy atom. The summed E-state index contributed by atoms with van der Waals surface area (Å²) < 4.78 is 1.88. The third-order valence-electron chi connectivity index (χ3n) is 2.42. The number of rotatable bonds is 4. The number of anilines is 2. The molecule has 17 heavy (non-hydrogen) atoms. The Balaban J connectivity index is 2.13. The molecule has 7 heteroatoms. The van der Waals surface area contributed by atoms with Gasteiger partial charge in [0.15, 0.2) is 5.82 Å². The highest BCUT2D eigenvalue weighted by Gasteiger charge is 2.10. The topological polar surface area (TPSA) is 93.7 Å². The molecule has 2 rings (SSSR count). The van der Waals surface area contributed by atoms with Crippen LogP contribution in [0, 0.1) is 0 Å². The number of aromatic nitrogens is 4. The number of nitrogens with zero attached hydrogens (tertiary/aromatic N) is 4. The average Bonchev–Trinajstić information content (AvgIpc) is 2.76. The molecule has 4 N–H and O–H groups in total. The third kappa shape index (κ3) is 2.51. The van der Waals surface area contributed by atoms with Gasteiger partial charge in [-0.3, -0.25) is 0 Å². The van der Waals surface area contributed by atoms with Crippen LogP contribution in [0.2, 0.25) is 0 Å².